The van der Waals surface area contributed by atoms with Crippen molar-refractivity contribution < 1.29 is 9.53 Å². The summed E-state index contributed by atoms with van der Waals surface area (Å²) < 4.78 is 7.33. The highest BCUT2D eigenvalue weighted by Crippen LogP contribution is 2.23. The maximum atomic E-state index is 12.4. The standard InChI is InChI=1S/C12H20N4O2/c1-8-5-16(7-12(2,3)18-8)11(17)10-9(13)6-15(4)14-10/h6,8H,5,7,13H2,1-4H3. The zero-order chi connectivity index (χ0) is 13.5. The van der Waals surface area contributed by atoms with E-state index in [1.807, 2.05) is 20.8 Å². The summed E-state index contributed by atoms with van der Waals surface area (Å²) in [7, 11) is 1.75. The highest BCUT2D eigenvalue weighted by molar-refractivity contribution is 5.97. The number of carbonyl (C=O) groups excluding carboxylic acids is 1. The van der Waals surface area contributed by atoms with E-state index in [2.05, 4.69) is 5.10 Å². The maximum Gasteiger partial charge on any atom is 0.276 e. The Morgan fingerprint density at radius 2 is 2.28 bits per heavy atom. The Morgan fingerprint density at radius 1 is 1.61 bits per heavy atom. The number of carbonyl (C=O) groups is 1. The van der Waals surface area contributed by atoms with E-state index in [0.29, 0.717) is 24.5 Å². The molecule has 1 aliphatic heterocycles. The van der Waals surface area contributed by atoms with Crippen LogP contribution in [0.5, 0.6) is 0 Å². The Labute approximate surface area is 107 Å². The smallest absolute Gasteiger partial charge is 0.276 e. The van der Waals surface area contributed by atoms with Crippen molar-refractivity contribution in [2.75, 3.05) is 18.8 Å². The zero-order valence-corrected chi connectivity index (χ0v) is 11.3. The van der Waals surface area contributed by atoms with E-state index in [0.717, 1.165) is 0 Å². The number of nitrogens with zero attached hydrogens (tertiary/aromatic N) is 3. The van der Waals surface area contributed by atoms with Gasteiger partial charge in [-0.1, -0.05) is 0 Å². The van der Waals surface area contributed by atoms with E-state index in [4.69, 9.17) is 10.5 Å². The average Bonchev–Trinajstić information content (AvgIpc) is 2.53. The van der Waals surface area contributed by atoms with Crippen molar-refractivity contribution in [3.8, 4) is 0 Å². The predicted octanol–water partition coefficient (Wildman–Crippen LogP) is 0.642. The van der Waals surface area contributed by atoms with Crippen LogP contribution in [0, 0.1) is 0 Å². The molecule has 1 aliphatic rings. The molecule has 1 fully saturated rings. The molecule has 1 aromatic rings. The molecule has 18 heavy (non-hydrogen) atoms. The normalized spacial score (nSPS) is 23.1. The van der Waals surface area contributed by atoms with Crippen molar-refractivity contribution in [1.29, 1.82) is 0 Å². The van der Waals surface area contributed by atoms with Crippen molar-refractivity contribution in [2.24, 2.45) is 7.05 Å². The monoisotopic (exact) mass is 252 g/mol. The van der Waals surface area contributed by atoms with Crippen LogP contribution in [0.2, 0.25) is 0 Å². The summed E-state index contributed by atoms with van der Waals surface area (Å²) in [6.07, 6.45) is 1.66. The first-order valence-corrected chi connectivity index (χ1v) is 6.05. The molecule has 2 heterocycles. The molecule has 2 rings (SSSR count). The molecule has 0 aromatic carbocycles. The number of nitrogens with two attached hydrogens (primary N) is 1. The number of ether oxygens (including phenoxy) is 1. The molecule has 1 aromatic heterocycles. The van der Waals surface area contributed by atoms with Crippen LogP contribution in [-0.2, 0) is 11.8 Å². The first kappa shape index (κ1) is 12.9. The first-order valence-electron chi connectivity index (χ1n) is 6.05. The number of rotatable bonds is 1. The van der Waals surface area contributed by atoms with Gasteiger partial charge in [-0.25, -0.2) is 0 Å². The van der Waals surface area contributed by atoms with Crippen LogP contribution in [-0.4, -0.2) is 45.4 Å². The minimum Gasteiger partial charge on any atom is -0.396 e. The van der Waals surface area contributed by atoms with Gasteiger partial charge in [0.2, 0.25) is 0 Å². The summed E-state index contributed by atoms with van der Waals surface area (Å²) in [6.45, 7) is 7.03. The summed E-state index contributed by atoms with van der Waals surface area (Å²) in [4.78, 5) is 14.1. The number of aryl methyl sites for hydroxylation is 1. The highest BCUT2D eigenvalue weighted by Gasteiger charge is 2.35. The molecule has 6 nitrogen and oxygen atoms in total. The molecular formula is C12H20N4O2. The van der Waals surface area contributed by atoms with Crippen LogP contribution in [0.15, 0.2) is 6.20 Å². The molecular weight excluding hydrogens is 232 g/mol. The largest absolute Gasteiger partial charge is 0.396 e. The van der Waals surface area contributed by atoms with E-state index in [9.17, 15) is 4.79 Å². The summed E-state index contributed by atoms with van der Waals surface area (Å²) in [5.41, 5.74) is 6.19. The third-order valence-corrected chi connectivity index (χ3v) is 2.92. The number of amides is 1. The lowest BCUT2D eigenvalue weighted by atomic mass is 10.1. The lowest BCUT2D eigenvalue weighted by Gasteiger charge is -2.41. The first-order chi connectivity index (χ1) is 8.28. The van der Waals surface area contributed by atoms with Gasteiger partial charge >= 0.3 is 0 Å². The number of nitrogen functional groups attached to an aromatic ring is 1. The summed E-state index contributed by atoms with van der Waals surface area (Å²) in [5.74, 6) is -0.128. The second-order valence-corrected chi connectivity index (χ2v) is 5.48. The van der Waals surface area contributed by atoms with Crippen LogP contribution in [0.1, 0.15) is 31.3 Å². The summed E-state index contributed by atoms with van der Waals surface area (Å²) in [6, 6.07) is 0. The van der Waals surface area contributed by atoms with E-state index >= 15 is 0 Å². The molecule has 100 valence electrons. The van der Waals surface area contributed by atoms with Gasteiger partial charge in [0, 0.05) is 26.3 Å². The third kappa shape index (κ3) is 2.48. The van der Waals surface area contributed by atoms with Gasteiger partial charge in [-0.2, -0.15) is 5.10 Å². The Morgan fingerprint density at radius 3 is 2.78 bits per heavy atom. The highest BCUT2D eigenvalue weighted by atomic mass is 16.5. The maximum absolute atomic E-state index is 12.4. The molecule has 0 saturated carbocycles. The van der Waals surface area contributed by atoms with Gasteiger partial charge < -0.3 is 15.4 Å². The fraction of sp³-hybridized carbons (Fsp3) is 0.667. The molecule has 1 amide bonds. The molecule has 1 unspecified atom stereocenters. The molecule has 6 heteroatoms. The molecule has 0 aliphatic carbocycles. The van der Waals surface area contributed by atoms with Gasteiger partial charge in [-0.15, -0.1) is 0 Å². The van der Waals surface area contributed by atoms with E-state index in [1.54, 1.807) is 22.8 Å². The number of anilines is 1. The molecule has 0 spiro atoms. The fourth-order valence-electron chi connectivity index (χ4n) is 2.43. The predicted molar refractivity (Wildman–Crippen MR) is 68.1 cm³/mol. The number of hydrogen-bond donors (Lipinski definition) is 1. The van der Waals surface area contributed by atoms with Crippen LogP contribution in [0.3, 0.4) is 0 Å². The van der Waals surface area contributed by atoms with Crippen molar-refractivity contribution in [2.45, 2.75) is 32.5 Å². The quantitative estimate of drug-likeness (QED) is 0.796. The Hall–Kier alpha value is -1.56. The molecule has 0 bridgehead atoms. The van der Waals surface area contributed by atoms with Crippen LogP contribution in [0.25, 0.3) is 0 Å². The van der Waals surface area contributed by atoms with Gasteiger partial charge in [0.05, 0.1) is 17.4 Å². The molecule has 1 atom stereocenters. The van der Waals surface area contributed by atoms with Crippen LogP contribution >= 0.6 is 0 Å². The Kier molecular flexibility index (Phi) is 3.06. The topological polar surface area (TPSA) is 73.4 Å². The van der Waals surface area contributed by atoms with Gasteiger partial charge in [-0.05, 0) is 20.8 Å². The number of morpholine rings is 1. The van der Waals surface area contributed by atoms with E-state index in [1.165, 1.54) is 0 Å². The van der Waals surface area contributed by atoms with Crippen molar-refractivity contribution >= 4 is 11.6 Å². The fourth-order valence-corrected chi connectivity index (χ4v) is 2.43. The van der Waals surface area contributed by atoms with Gasteiger partial charge in [-0.3, -0.25) is 9.48 Å². The van der Waals surface area contributed by atoms with Crippen molar-refractivity contribution in [3.05, 3.63) is 11.9 Å². The SMILES string of the molecule is CC1CN(C(=O)c2nn(C)cc2N)CC(C)(C)O1. The lowest BCUT2D eigenvalue weighted by Crippen LogP contribution is -2.53. The van der Waals surface area contributed by atoms with Gasteiger partial charge in [0.1, 0.15) is 0 Å². The second kappa shape index (κ2) is 4.28. The second-order valence-electron chi connectivity index (χ2n) is 5.48. The summed E-state index contributed by atoms with van der Waals surface area (Å²) >= 11 is 0. The van der Waals surface area contributed by atoms with Crippen molar-refractivity contribution in [3.63, 3.8) is 0 Å². The minimum atomic E-state index is -0.336. The van der Waals surface area contributed by atoms with Gasteiger partial charge in [0.25, 0.3) is 5.91 Å². The average molecular weight is 252 g/mol. The summed E-state index contributed by atoms with van der Waals surface area (Å²) in [5, 5.41) is 4.12. The van der Waals surface area contributed by atoms with E-state index < -0.39 is 0 Å². The number of aromatic nitrogens is 2. The molecule has 2 N–H and O–H groups in total. The van der Waals surface area contributed by atoms with Gasteiger partial charge in [0.15, 0.2) is 5.69 Å². The van der Waals surface area contributed by atoms with Crippen molar-refractivity contribution in [1.82, 2.24) is 14.7 Å². The molecule has 0 radical (unpaired) electrons. The van der Waals surface area contributed by atoms with E-state index in [-0.39, 0.29) is 17.6 Å². The third-order valence-electron chi connectivity index (χ3n) is 2.92. The Bertz CT molecular complexity index is 467. The molecule has 1 saturated heterocycles. The zero-order valence-electron chi connectivity index (χ0n) is 11.3. The Balaban J connectivity index is 2.21. The van der Waals surface area contributed by atoms with Crippen LogP contribution < -0.4 is 5.73 Å². The lowest BCUT2D eigenvalue weighted by molar-refractivity contribution is -0.118. The minimum absolute atomic E-state index is 0.0163. The van der Waals surface area contributed by atoms with Crippen LogP contribution in [0.4, 0.5) is 5.69 Å². The number of hydrogen-bond acceptors (Lipinski definition) is 4.